The number of unbranched alkanes of at least 4 members (excludes halogenated alkanes) is 16. The maximum Gasteiger partial charge on any atom is 0.330 e. The highest BCUT2D eigenvalue weighted by molar-refractivity contribution is 5.94. The Morgan fingerprint density at radius 2 is 0.939 bits per heavy atom. The van der Waals surface area contributed by atoms with Crippen LogP contribution in [0.3, 0.4) is 0 Å². The summed E-state index contributed by atoms with van der Waals surface area (Å²) >= 11 is 0. The van der Waals surface area contributed by atoms with Crippen LogP contribution in [0.1, 0.15) is 143 Å². The van der Waals surface area contributed by atoms with Crippen LogP contribution in [0, 0.1) is 0 Å². The van der Waals surface area contributed by atoms with E-state index in [2.05, 4.69) is 20.8 Å². The average Bonchev–Trinajstić information content (AvgIpc) is 2.82. The molecule has 0 saturated carbocycles. The smallest absolute Gasteiger partial charge is 0.330 e. The summed E-state index contributed by atoms with van der Waals surface area (Å²) in [6.07, 6.45) is 25.7. The van der Waals surface area contributed by atoms with Gasteiger partial charge in [-0.3, -0.25) is 4.79 Å². The Morgan fingerprint density at radius 1 is 0.545 bits per heavy atom. The van der Waals surface area contributed by atoms with Gasteiger partial charge >= 0.3 is 5.97 Å². The molecule has 0 unspecified atom stereocenters. The summed E-state index contributed by atoms with van der Waals surface area (Å²) < 4.78 is 5.25. The Labute approximate surface area is 205 Å². The largest absolute Gasteiger partial charge is 0.463 e. The fourth-order valence-corrected chi connectivity index (χ4v) is 4.02. The Balaban J connectivity index is 4.31. The molecule has 0 atom stereocenters. The van der Waals surface area contributed by atoms with E-state index in [9.17, 15) is 9.59 Å². The molecule has 4 heteroatoms. The maximum atomic E-state index is 12.7. The van der Waals surface area contributed by atoms with Crippen molar-refractivity contribution in [2.45, 2.75) is 143 Å². The first-order chi connectivity index (χ1) is 16.2. The van der Waals surface area contributed by atoms with Crippen LogP contribution < -0.4 is 0 Å². The lowest BCUT2D eigenvalue weighted by Crippen LogP contribution is -2.31. The summed E-state index contributed by atoms with van der Waals surface area (Å²) in [6, 6.07) is 0. The molecule has 0 aliphatic carbocycles. The Hall–Kier alpha value is -1.32. The van der Waals surface area contributed by atoms with E-state index in [0.29, 0.717) is 6.61 Å². The van der Waals surface area contributed by atoms with Crippen LogP contribution in [-0.2, 0) is 14.3 Å². The summed E-state index contributed by atoms with van der Waals surface area (Å²) in [7, 11) is 0. The van der Waals surface area contributed by atoms with Crippen molar-refractivity contribution < 1.29 is 14.3 Å². The lowest BCUT2D eigenvalue weighted by molar-refractivity contribution is -0.138. The minimum Gasteiger partial charge on any atom is -0.463 e. The molecule has 0 spiro atoms. The monoisotopic (exact) mass is 465 g/mol. The molecule has 0 aromatic heterocycles. The third-order valence-corrected chi connectivity index (χ3v) is 6.23. The highest BCUT2D eigenvalue weighted by Crippen LogP contribution is 2.11. The molecule has 1 amide bonds. The molecule has 0 N–H and O–H groups in total. The number of esters is 1. The molecular formula is C29H55NO3. The van der Waals surface area contributed by atoms with Gasteiger partial charge < -0.3 is 9.64 Å². The third-order valence-electron chi connectivity index (χ3n) is 6.23. The molecule has 0 bridgehead atoms. The van der Waals surface area contributed by atoms with Crippen molar-refractivity contribution in [1.29, 1.82) is 0 Å². The summed E-state index contributed by atoms with van der Waals surface area (Å²) in [6.45, 7) is 8.69. The molecule has 0 aromatic rings. The molecule has 0 rings (SSSR count). The van der Waals surface area contributed by atoms with E-state index in [4.69, 9.17) is 4.74 Å². The number of rotatable bonds is 24. The van der Waals surface area contributed by atoms with Gasteiger partial charge in [-0.15, -0.1) is 0 Å². The second kappa shape index (κ2) is 25.3. The number of hydrogen-bond acceptors (Lipinski definition) is 3. The first-order valence-corrected chi connectivity index (χ1v) is 14.3. The van der Waals surface area contributed by atoms with Gasteiger partial charge in [-0.2, -0.15) is 0 Å². The minimum absolute atomic E-state index is 0.0492. The van der Waals surface area contributed by atoms with Gasteiger partial charge in [0.1, 0.15) is 0 Å². The summed E-state index contributed by atoms with van der Waals surface area (Å²) in [5.41, 5.74) is 0. The van der Waals surface area contributed by atoms with Crippen LogP contribution in [0.5, 0.6) is 0 Å². The van der Waals surface area contributed by atoms with E-state index < -0.39 is 5.97 Å². The summed E-state index contributed by atoms with van der Waals surface area (Å²) in [4.78, 5) is 26.6. The molecule has 0 radical (unpaired) electrons. The second-order valence-electron chi connectivity index (χ2n) is 9.48. The van der Waals surface area contributed by atoms with E-state index in [1.54, 1.807) is 0 Å². The van der Waals surface area contributed by atoms with E-state index >= 15 is 0 Å². The fraction of sp³-hybridized carbons (Fsp3) is 0.862. The molecule has 0 aliphatic rings. The molecular weight excluding hydrogens is 410 g/mol. The van der Waals surface area contributed by atoms with E-state index in [-0.39, 0.29) is 5.91 Å². The molecule has 4 nitrogen and oxygen atoms in total. The zero-order valence-electron chi connectivity index (χ0n) is 22.4. The lowest BCUT2D eigenvalue weighted by Gasteiger charge is -2.21. The molecule has 0 heterocycles. The van der Waals surface area contributed by atoms with Crippen LogP contribution in [0.2, 0.25) is 0 Å². The molecule has 0 fully saturated rings. The van der Waals surface area contributed by atoms with Crippen molar-refractivity contribution >= 4 is 11.9 Å². The van der Waals surface area contributed by atoms with Gasteiger partial charge in [0.2, 0.25) is 5.91 Å². The number of carbonyl (C=O) groups is 2. The number of ether oxygens (including phenoxy) is 1. The molecule has 0 aliphatic heterocycles. The van der Waals surface area contributed by atoms with Gasteiger partial charge in [0, 0.05) is 25.2 Å². The summed E-state index contributed by atoms with van der Waals surface area (Å²) in [5, 5.41) is 0. The predicted octanol–water partition coefficient (Wildman–Crippen LogP) is 8.39. The number of hydrogen-bond donors (Lipinski definition) is 0. The molecule has 0 saturated heterocycles. The lowest BCUT2D eigenvalue weighted by atomic mass is 10.1. The zero-order valence-corrected chi connectivity index (χ0v) is 22.4. The third kappa shape index (κ3) is 22.2. The zero-order chi connectivity index (χ0) is 24.4. The molecule has 194 valence electrons. The van der Waals surface area contributed by atoms with Crippen LogP contribution in [0.15, 0.2) is 12.2 Å². The van der Waals surface area contributed by atoms with E-state index in [1.165, 1.54) is 108 Å². The topological polar surface area (TPSA) is 46.6 Å². The average molecular weight is 466 g/mol. The second-order valence-corrected chi connectivity index (χ2v) is 9.48. The highest BCUT2D eigenvalue weighted by atomic mass is 16.5. The number of nitrogens with zero attached hydrogens (tertiary/aromatic N) is 1. The van der Waals surface area contributed by atoms with Gasteiger partial charge in [-0.1, -0.05) is 124 Å². The van der Waals surface area contributed by atoms with Crippen molar-refractivity contribution in [3.63, 3.8) is 0 Å². The van der Waals surface area contributed by atoms with Crippen molar-refractivity contribution in [3.8, 4) is 0 Å². The van der Waals surface area contributed by atoms with Gasteiger partial charge in [0.25, 0.3) is 0 Å². The van der Waals surface area contributed by atoms with Crippen molar-refractivity contribution in [2.75, 3.05) is 19.7 Å². The minimum atomic E-state index is -0.398. The summed E-state index contributed by atoms with van der Waals surface area (Å²) in [5.74, 6) is -0.447. The van der Waals surface area contributed by atoms with Crippen LogP contribution >= 0.6 is 0 Å². The Bertz CT molecular complexity index is 457. The highest BCUT2D eigenvalue weighted by Gasteiger charge is 2.11. The number of amides is 1. The van der Waals surface area contributed by atoms with Crippen molar-refractivity contribution in [1.82, 2.24) is 4.90 Å². The predicted molar refractivity (Wildman–Crippen MR) is 141 cm³/mol. The maximum absolute atomic E-state index is 12.7. The molecule has 33 heavy (non-hydrogen) atoms. The first-order valence-electron chi connectivity index (χ1n) is 14.3. The van der Waals surface area contributed by atoms with Gasteiger partial charge in [-0.25, -0.2) is 4.79 Å². The Kier molecular flexibility index (Phi) is 24.3. The SMILES string of the molecule is CCCCCCCCCN(CCCCCCCCC)C(=O)/C=C/C(=O)OCCCCCCC. The van der Waals surface area contributed by atoms with Crippen LogP contribution in [-0.4, -0.2) is 36.5 Å². The first kappa shape index (κ1) is 31.7. The van der Waals surface area contributed by atoms with Gasteiger partial charge in [0.15, 0.2) is 0 Å². The fourth-order valence-electron chi connectivity index (χ4n) is 4.02. The van der Waals surface area contributed by atoms with Crippen molar-refractivity contribution in [3.05, 3.63) is 12.2 Å². The normalized spacial score (nSPS) is 11.2. The van der Waals surface area contributed by atoms with E-state index in [1.807, 2.05) is 4.90 Å². The quantitative estimate of drug-likeness (QED) is 0.0816. The van der Waals surface area contributed by atoms with Gasteiger partial charge in [-0.05, 0) is 19.3 Å². The standard InChI is InChI=1S/C29H55NO3/c1-4-7-10-13-15-17-20-25-30(26-21-18-16-14-11-8-5-2)28(31)23-24-29(32)33-27-22-19-12-9-6-3/h23-24H,4-22,25-27H2,1-3H3/b24-23+. The van der Waals surface area contributed by atoms with Gasteiger partial charge in [0.05, 0.1) is 6.61 Å². The Morgan fingerprint density at radius 3 is 1.39 bits per heavy atom. The van der Waals surface area contributed by atoms with E-state index in [0.717, 1.165) is 38.8 Å². The van der Waals surface area contributed by atoms with Crippen molar-refractivity contribution in [2.24, 2.45) is 0 Å². The van der Waals surface area contributed by atoms with Crippen LogP contribution in [0.4, 0.5) is 0 Å². The number of carbonyl (C=O) groups excluding carboxylic acids is 2. The molecule has 0 aromatic carbocycles. The van der Waals surface area contributed by atoms with Crippen LogP contribution in [0.25, 0.3) is 0 Å².